The number of ether oxygens (including phenoxy) is 1. The molecule has 2 saturated heterocycles. The number of carbonyl (C=O) groups is 2. The molecule has 150 valence electrons. The van der Waals surface area contributed by atoms with E-state index >= 15 is 0 Å². The normalized spacial score (nSPS) is 22.2. The van der Waals surface area contributed by atoms with E-state index in [0.29, 0.717) is 19.6 Å². The predicted molar refractivity (Wildman–Crippen MR) is 102 cm³/mol. The van der Waals surface area contributed by atoms with Gasteiger partial charge in [-0.25, -0.2) is 4.98 Å². The first-order valence-electron chi connectivity index (χ1n) is 9.33. The number of benzene rings is 1. The van der Waals surface area contributed by atoms with Crippen LogP contribution in [0.3, 0.4) is 0 Å². The molecule has 2 aromatic rings. The van der Waals surface area contributed by atoms with Crippen molar-refractivity contribution >= 4 is 12.4 Å². The lowest BCUT2D eigenvalue weighted by Gasteiger charge is -2.30. The van der Waals surface area contributed by atoms with Crippen LogP contribution in [-0.4, -0.2) is 68.7 Å². The maximum atomic E-state index is 12.7. The largest absolute Gasteiger partial charge is 0.483 e. The summed E-state index contributed by atoms with van der Waals surface area (Å²) in [5.41, 5.74) is 1.17. The highest BCUT2D eigenvalue weighted by atomic mass is 16.5. The van der Waals surface area contributed by atoms with Crippen molar-refractivity contribution in [2.45, 2.75) is 31.7 Å². The fourth-order valence-corrected chi connectivity index (χ4v) is 3.79. The molecule has 0 unspecified atom stereocenters. The first-order chi connectivity index (χ1) is 13.6. The molecule has 3 heterocycles. The highest BCUT2D eigenvalue weighted by molar-refractivity contribution is 5.77. The van der Waals surface area contributed by atoms with Gasteiger partial charge in [0.1, 0.15) is 5.82 Å². The second-order valence-corrected chi connectivity index (χ2v) is 6.99. The summed E-state index contributed by atoms with van der Waals surface area (Å²) in [4.78, 5) is 29.8. The van der Waals surface area contributed by atoms with Crippen LogP contribution in [0.15, 0.2) is 42.7 Å². The molecular formula is C20H26N4O4. The molecule has 1 amide bonds. The SMILES string of the molecule is Cn1ccnc1CN1C[C@@H]2OCCC(=O)N(Cc3ccccc3)[C@H]2C1.O=CO. The topological polar surface area (TPSA) is 87.9 Å². The molecule has 0 aliphatic carbocycles. The van der Waals surface area contributed by atoms with E-state index in [4.69, 9.17) is 14.6 Å². The summed E-state index contributed by atoms with van der Waals surface area (Å²) in [6.45, 7) is 3.38. The van der Waals surface area contributed by atoms with Gasteiger partial charge in [-0.3, -0.25) is 14.5 Å². The second kappa shape index (κ2) is 9.48. The van der Waals surface area contributed by atoms with Gasteiger partial charge in [0.2, 0.25) is 5.91 Å². The van der Waals surface area contributed by atoms with Crippen LogP contribution in [-0.2, 0) is 34.5 Å². The molecule has 4 rings (SSSR count). The quantitative estimate of drug-likeness (QED) is 0.793. The van der Waals surface area contributed by atoms with Crippen LogP contribution < -0.4 is 0 Å². The standard InChI is InChI=1S/C19H24N4O2.CH2O2/c1-21-9-8-20-18(21)14-22-12-16-17(13-22)25-10-7-19(24)23(16)11-15-5-3-2-4-6-15;2-1-3/h2-6,8-9,16-17H,7,10-14H2,1H3;1H,(H,2,3)/t16-,17-;/m0./s1. The molecular weight excluding hydrogens is 360 g/mol. The van der Waals surface area contributed by atoms with Gasteiger partial charge in [0, 0.05) is 39.1 Å². The van der Waals surface area contributed by atoms with Crippen LogP contribution in [0.25, 0.3) is 0 Å². The molecule has 28 heavy (non-hydrogen) atoms. The maximum Gasteiger partial charge on any atom is 0.290 e. The zero-order chi connectivity index (χ0) is 19.9. The zero-order valence-corrected chi connectivity index (χ0v) is 16.0. The van der Waals surface area contributed by atoms with Gasteiger partial charge in [0.05, 0.1) is 31.7 Å². The Balaban J connectivity index is 0.000000706. The Labute approximate surface area is 164 Å². The first-order valence-corrected chi connectivity index (χ1v) is 9.33. The number of hydrogen-bond donors (Lipinski definition) is 1. The van der Waals surface area contributed by atoms with E-state index in [2.05, 4.69) is 22.0 Å². The Morgan fingerprint density at radius 1 is 1.25 bits per heavy atom. The highest BCUT2D eigenvalue weighted by Crippen LogP contribution is 2.25. The third-order valence-electron chi connectivity index (χ3n) is 5.16. The number of carboxylic acid groups (broad SMARTS) is 1. The van der Waals surface area contributed by atoms with Gasteiger partial charge in [-0.15, -0.1) is 0 Å². The van der Waals surface area contributed by atoms with Gasteiger partial charge >= 0.3 is 0 Å². The van der Waals surface area contributed by atoms with Crippen molar-refractivity contribution in [1.29, 1.82) is 0 Å². The van der Waals surface area contributed by atoms with E-state index in [0.717, 1.165) is 25.5 Å². The number of aromatic nitrogens is 2. The number of fused-ring (bicyclic) bond motifs is 1. The summed E-state index contributed by atoms with van der Waals surface area (Å²) >= 11 is 0. The van der Waals surface area contributed by atoms with Crippen LogP contribution in [0.2, 0.25) is 0 Å². The lowest BCUT2D eigenvalue weighted by atomic mass is 10.1. The van der Waals surface area contributed by atoms with Crippen molar-refractivity contribution in [1.82, 2.24) is 19.4 Å². The number of nitrogens with zero attached hydrogens (tertiary/aromatic N) is 4. The van der Waals surface area contributed by atoms with Crippen LogP contribution in [0.1, 0.15) is 17.8 Å². The van der Waals surface area contributed by atoms with Crippen molar-refractivity contribution in [2.24, 2.45) is 7.05 Å². The summed E-state index contributed by atoms with van der Waals surface area (Å²) in [5, 5.41) is 6.89. The predicted octanol–water partition coefficient (Wildman–Crippen LogP) is 1.12. The summed E-state index contributed by atoms with van der Waals surface area (Å²) in [6.07, 6.45) is 4.34. The van der Waals surface area contributed by atoms with E-state index < -0.39 is 0 Å². The van der Waals surface area contributed by atoms with Crippen molar-refractivity contribution in [3.8, 4) is 0 Å². The van der Waals surface area contributed by atoms with Crippen molar-refractivity contribution < 1.29 is 19.4 Å². The second-order valence-electron chi connectivity index (χ2n) is 6.99. The molecule has 8 nitrogen and oxygen atoms in total. The van der Waals surface area contributed by atoms with Crippen molar-refractivity contribution in [3.63, 3.8) is 0 Å². The van der Waals surface area contributed by atoms with E-state index in [-0.39, 0.29) is 24.5 Å². The monoisotopic (exact) mass is 386 g/mol. The number of carbonyl (C=O) groups excluding carboxylic acids is 1. The maximum absolute atomic E-state index is 12.7. The summed E-state index contributed by atoms with van der Waals surface area (Å²) in [6, 6.07) is 10.3. The van der Waals surface area contributed by atoms with E-state index in [1.165, 1.54) is 5.56 Å². The fourth-order valence-electron chi connectivity index (χ4n) is 3.79. The van der Waals surface area contributed by atoms with Crippen LogP contribution >= 0.6 is 0 Å². The Bertz CT molecular complexity index is 780. The highest BCUT2D eigenvalue weighted by Gasteiger charge is 2.41. The molecule has 1 aromatic carbocycles. The molecule has 2 aliphatic heterocycles. The van der Waals surface area contributed by atoms with E-state index in [1.54, 1.807) is 0 Å². The summed E-state index contributed by atoms with van der Waals surface area (Å²) in [5.74, 6) is 1.23. The Morgan fingerprint density at radius 3 is 2.68 bits per heavy atom. The third-order valence-corrected chi connectivity index (χ3v) is 5.16. The van der Waals surface area contributed by atoms with E-state index in [1.807, 2.05) is 47.1 Å². The van der Waals surface area contributed by atoms with Gasteiger partial charge in [0.15, 0.2) is 0 Å². The van der Waals surface area contributed by atoms with Gasteiger partial charge in [-0.2, -0.15) is 0 Å². The van der Waals surface area contributed by atoms with Crippen molar-refractivity contribution in [2.75, 3.05) is 19.7 Å². The Kier molecular flexibility index (Phi) is 6.78. The van der Waals surface area contributed by atoms with Gasteiger partial charge in [0.25, 0.3) is 6.47 Å². The fraction of sp³-hybridized carbons (Fsp3) is 0.450. The first kappa shape index (κ1) is 20.0. The van der Waals surface area contributed by atoms with Crippen molar-refractivity contribution in [3.05, 3.63) is 54.1 Å². The van der Waals surface area contributed by atoms with Crippen LogP contribution in [0.5, 0.6) is 0 Å². The zero-order valence-electron chi connectivity index (χ0n) is 16.0. The molecule has 0 radical (unpaired) electrons. The number of aryl methyl sites for hydroxylation is 1. The van der Waals surface area contributed by atoms with E-state index in [9.17, 15) is 4.79 Å². The summed E-state index contributed by atoms with van der Waals surface area (Å²) < 4.78 is 8.06. The molecule has 0 spiro atoms. The minimum atomic E-state index is -0.250. The molecule has 2 aliphatic rings. The Morgan fingerprint density at radius 2 is 2.00 bits per heavy atom. The number of amides is 1. The minimum Gasteiger partial charge on any atom is -0.483 e. The molecule has 0 saturated carbocycles. The van der Waals surface area contributed by atoms with Gasteiger partial charge in [-0.05, 0) is 5.56 Å². The van der Waals surface area contributed by atoms with Crippen LogP contribution in [0.4, 0.5) is 0 Å². The lowest BCUT2D eigenvalue weighted by molar-refractivity contribution is -0.133. The molecule has 1 aromatic heterocycles. The number of hydrogen-bond acceptors (Lipinski definition) is 5. The molecule has 2 atom stereocenters. The van der Waals surface area contributed by atoms with Gasteiger partial charge < -0.3 is 19.3 Å². The average molecular weight is 386 g/mol. The Hall–Kier alpha value is -2.71. The number of rotatable bonds is 4. The minimum absolute atomic E-state index is 0.0791. The number of imidazole rings is 1. The molecule has 8 heteroatoms. The van der Waals surface area contributed by atoms with Crippen LogP contribution in [0, 0.1) is 0 Å². The lowest BCUT2D eigenvalue weighted by Crippen LogP contribution is -2.45. The summed E-state index contributed by atoms with van der Waals surface area (Å²) in [7, 11) is 2.01. The molecule has 0 bridgehead atoms. The van der Waals surface area contributed by atoms with Gasteiger partial charge in [-0.1, -0.05) is 30.3 Å². The molecule has 2 fully saturated rings. The molecule has 1 N–H and O–H groups in total. The number of likely N-dealkylation sites (tertiary alicyclic amines) is 1. The third kappa shape index (κ3) is 4.76. The smallest absolute Gasteiger partial charge is 0.290 e. The average Bonchev–Trinajstić information content (AvgIpc) is 3.24.